The van der Waals surface area contributed by atoms with Gasteiger partial charge in [0.2, 0.25) is 0 Å². The van der Waals surface area contributed by atoms with Crippen LogP contribution in [0.3, 0.4) is 0 Å². The van der Waals surface area contributed by atoms with E-state index in [9.17, 15) is 5.11 Å². The van der Waals surface area contributed by atoms with E-state index in [0.29, 0.717) is 19.1 Å². The van der Waals surface area contributed by atoms with Gasteiger partial charge in [-0.15, -0.1) is 12.4 Å². The molecule has 3 unspecified atom stereocenters. The molecule has 0 radical (unpaired) electrons. The maximum atomic E-state index is 10.3. The largest absolute Gasteiger partial charge is 0.389 e. The summed E-state index contributed by atoms with van der Waals surface area (Å²) in [6.07, 6.45) is 0.892. The Morgan fingerprint density at radius 1 is 1.20 bits per heavy atom. The van der Waals surface area contributed by atoms with Gasteiger partial charge in [-0.05, 0) is 42.2 Å². The summed E-state index contributed by atoms with van der Waals surface area (Å²) in [5, 5.41) is 10.3. The molecule has 0 bridgehead atoms. The summed E-state index contributed by atoms with van der Waals surface area (Å²) in [4.78, 5) is 2.39. The first-order chi connectivity index (χ1) is 11.3. The number of aliphatic hydroxyl groups is 1. The number of ether oxygens (including phenoxy) is 1. The van der Waals surface area contributed by atoms with Crippen molar-refractivity contribution in [2.45, 2.75) is 59.7 Å². The summed E-state index contributed by atoms with van der Waals surface area (Å²) >= 11 is 0. The zero-order chi connectivity index (χ0) is 17.7. The van der Waals surface area contributed by atoms with Crippen LogP contribution in [0.25, 0.3) is 0 Å². The molecule has 0 spiro atoms. The molecule has 0 amide bonds. The van der Waals surface area contributed by atoms with Crippen LogP contribution in [0, 0.1) is 18.8 Å². The predicted octanol–water partition coefficient (Wildman–Crippen LogP) is 4.40. The molecule has 1 aliphatic rings. The van der Waals surface area contributed by atoms with E-state index in [1.54, 1.807) is 0 Å². The van der Waals surface area contributed by atoms with Crippen molar-refractivity contribution < 1.29 is 9.84 Å². The van der Waals surface area contributed by atoms with E-state index in [-0.39, 0.29) is 12.4 Å². The molecular formula is C21H36ClNO2. The van der Waals surface area contributed by atoms with Crippen LogP contribution >= 0.6 is 12.4 Å². The lowest BCUT2D eigenvalue weighted by Crippen LogP contribution is -2.43. The van der Waals surface area contributed by atoms with Crippen molar-refractivity contribution in [2.24, 2.45) is 11.8 Å². The Kier molecular flexibility index (Phi) is 9.44. The topological polar surface area (TPSA) is 32.7 Å². The van der Waals surface area contributed by atoms with Crippen molar-refractivity contribution >= 4 is 12.4 Å². The van der Waals surface area contributed by atoms with Gasteiger partial charge in [0.25, 0.3) is 0 Å². The molecule has 1 aliphatic heterocycles. The minimum atomic E-state index is -0.408. The summed E-state index contributed by atoms with van der Waals surface area (Å²) in [5.41, 5.74) is 3.85. The average molecular weight is 370 g/mol. The van der Waals surface area contributed by atoms with Gasteiger partial charge in [0, 0.05) is 19.6 Å². The Morgan fingerprint density at radius 3 is 2.44 bits per heavy atom. The van der Waals surface area contributed by atoms with Crippen LogP contribution in [0.1, 0.15) is 56.7 Å². The van der Waals surface area contributed by atoms with Gasteiger partial charge in [-0.25, -0.2) is 0 Å². The number of benzene rings is 1. The summed E-state index contributed by atoms with van der Waals surface area (Å²) in [6, 6.07) is 6.56. The second-order valence-corrected chi connectivity index (χ2v) is 8.19. The first-order valence-corrected chi connectivity index (χ1v) is 9.42. The van der Waals surface area contributed by atoms with Gasteiger partial charge in [-0.1, -0.05) is 51.5 Å². The number of hydrogen-bond donors (Lipinski definition) is 1. The van der Waals surface area contributed by atoms with E-state index in [0.717, 1.165) is 31.5 Å². The molecule has 1 aromatic carbocycles. The number of β-amino-alcohol motifs (C(OH)–C–C–N with tert-alkyl or cyclic N) is 1. The van der Waals surface area contributed by atoms with E-state index < -0.39 is 6.10 Å². The maximum Gasteiger partial charge on any atom is 0.0900 e. The van der Waals surface area contributed by atoms with Crippen LogP contribution in [0.5, 0.6) is 0 Å². The van der Waals surface area contributed by atoms with Crippen LogP contribution in [0.15, 0.2) is 18.2 Å². The fourth-order valence-corrected chi connectivity index (χ4v) is 4.02. The van der Waals surface area contributed by atoms with Crippen molar-refractivity contribution in [1.29, 1.82) is 0 Å². The van der Waals surface area contributed by atoms with Crippen LogP contribution in [0.2, 0.25) is 0 Å². The van der Waals surface area contributed by atoms with Crippen molar-refractivity contribution in [3.05, 3.63) is 34.9 Å². The Hall–Kier alpha value is -0.610. The van der Waals surface area contributed by atoms with Crippen molar-refractivity contribution in [3.63, 3.8) is 0 Å². The summed E-state index contributed by atoms with van der Waals surface area (Å²) < 4.78 is 5.85. The molecule has 25 heavy (non-hydrogen) atoms. The molecule has 2 rings (SSSR count). The van der Waals surface area contributed by atoms with Crippen molar-refractivity contribution in [2.75, 3.05) is 26.2 Å². The highest BCUT2D eigenvalue weighted by Gasteiger charge is 2.23. The third-order valence-electron chi connectivity index (χ3n) is 4.90. The van der Waals surface area contributed by atoms with Crippen LogP contribution in [-0.2, 0) is 11.3 Å². The Morgan fingerprint density at radius 2 is 1.84 bits per heavy atom. The van der Waals surface area contributed by atoms with E-state index in [1.807, 2.05) is 0 Å². The molecule has 1 heterocycles. The fraction of sp³-hybridized carbons (Fsp3) is 0.714. The lowest BCUT2D eigenvalue weighted by atomic mass is 9.92. The van der Waals surface area contributed by atoms with Gasteiger partial charge in [0.1, 0.15) is 0 Å². The normalized spacial score (nSPS) is 22.7. The van der Waals surface area contributed by atoms with Crippen LogP contribution in [-0.4, -0.2) is 42.4 Å². The maximum absolute atomic E-state index is 10.3. The highest BCUT2D eigenvalue weighted by Crippen LogP contribution is 2.22. The number of aliphatic hydroxyl groups excluding tert-OH is 1. The van der Waals surface area contributed by atoms with Gasteiger partial charge in [0.15, 0.2) is 0 Å². The number of piperidine rings is 1. The monoisotopic (exact) mass is 369 g/mol. The van der Waals surface area contributed by atoms with Crippen molar-refractivity contribution in [3.8, 4) is 0 Å². The van der Waals surface area contributed by atoms with Crippen LogP contribution < -0.4 is 0 Å². The highest BCUT2D eigenvalue weighted by molar-refractivity contribution is 5.85. The average Bonchev–Trinajstić information content (AvgIpc) is 2.45. The number of nitrogens with zero attached hydrogens (tertiary/aromatic N) is 1. The zero-order valence-corrected chi connectivity index (χ0v) is 17.3. The van der Waals surface area contributed by atoms with Gasteiger partial charge < -0.3 is 14.7 Å². The van der Waals surface area contributed by atoms with E-state index in [2.05, 4.69) is 57.7 Å². The third kappa shape index (κ3) is 7.26. The molecule has 4 heteroatoms. The molecule has 3 nitrogen and oxygen atoms in total. The molecule has 0 aromatic heterocycles. The van der Waals surface area contributed by atoms with Gasteiger partial charge in [-0.3, -0.25) is 0 Å². The van der Waals surface area contributed by atoms with Gasteiger partial charge in [-0.2, -0.15) is 0 Å². The number of halogens is 1. The summed E-state index contributed by atoms with van der Waals surface area (Å²) in [7, 11) is 0. The summed E-state index contributed by atoms with van der Waals surface area (Å²) in [6.45, 7) is 15.0. The first kappa shape index (κ1) is 22.4. The predicted molar refractivity (Wildman–Crippen MR) is 108 cm³/mol. The lowest BCUT2D eigenvalue weighted by molar-refractivity contribution is -0.00109. The van der Waals surface area contributed by atoms with Gasteiger partial charge >= 0.3 is 0 Å². The fourth-order valence-electron chi connectivity index (χ4n) is 4.02. The SMILES string of the molecule is Cc1ccc(C(C)C)c(COCC(O)CN2CC(C)CC(C)C2)c1.Cl. The number of aryl methyl sites for hydroxylation is 1. The number of likely N-dealkylation sites (tertiary alicyclic amines) is 1. The van der Waals surface area contributed by atoms with E-state index in [1.165, 1.54) is 23.1 Å². The molecule has 3 atom stereocenters. The van der Waals surface area contributed by atoms with E-state index in [4.69, 9.17) is 4.74 Å². The second-order valence-electron chi connectivity index (χ2n) is 8.19. The molecule has 1 aromatic rings. The molecular weight excluding hydrogens is 334 g/mol. The van der Waals surface area contributed by atoms with Crippen molar-refractivity contribution in [1.82, 2.24) is 4.90 Å². The Bertz CT molecular complexity index is 511. The highest BCUT2D eigenvalue weighted by atomic mass is 35.5. The lowest BCUT2D eigenvalue weighted by Gasteiger charge is -2.35. The molecule has 1 saturated heterocycles. The molecule has 0 saturated carbocycles. The third-order valence-corrected chi connectivity index (χ3v) is 4.90. The first-order valence-electron chi connectivity index (χ1n) is 9.42. The van der Waals surface area contributed by atoms with Crippen LogP contribution in [0.4, 0.5) is 0 Å². The molecule has 1 N–H and O–H groups in total. The second kappa shape index (κ2) is 10.5. The van der Waals surface area contributed by atoms with Gasteiger partial charge in [0.05, 0.1) is 19.3 Å². The molecule has 0 aliphatic carbocycles. The molecule has 1 fully saturated rings. The minimum Gasteiger partial charge on any atom is -0.389 e. The zero-order valence-electron chi connectivity index (χ0n) is 16.5. The number of hydrogen-bond acceptors (Lipinski definition) is 3. The summed E-state index contributed by atoms with van der Waals surface area (Å²) in [5.74, 6) is 1.94. The van der Waals surface area contributed by atoms with E-state index >= 15 is 0 Å². The minimum absolute atomic E-state index is 0. The Balaban J connectivity index is 0.00000312. The smallest absolute Gasteiger partial charge is 0.0900 e. The molecule has 144 valence electrons. The Labute approximate surface area is 160 Å². The quantitative estimate of drug-likeness (QED) is 0.773. The standard InChI is InChI=1S/C21H35NO2.ClH/c1-15(2)21-7-6-16(3)9-19(21)13-24-14-20(23)12-22-10-17(4)8-18(5)11-22;/h6-7,9,15,17-18,20,23H,8,10-14H2,1-5H3;1H. The number of rotatable bonds is 7.